The molecule has 0 saturated carbocycles. The monoisotopic (exact) mass is 199 g/mol. The van der Waals surface area contributed by atoms with Crippen LogP contribution in [-0.4, -0.2) is 5.91 Å². The second kappa shape index (κ2) is 6.49. The Balaban J connectivity index is 0.000000671. The summed E-state index contributed by atoms with van der Waals surface area (Å²) in [4.78, 5) is 10.6. The molecular weight excluding hydrogens is 186 g/mol. The van der Waals surface area contributed by atoms with Crippen molar-refractivity contribution < 1.29 is 4.79 Å². The Bertz CT molecular complexity index is 273. The molecule has 0 spiro atoms. The van der Waals surface area contributed by atoms with E-state index in [0.29, 0.717) is 10.7 Å². The van der Waals surface area contributed by atoms with Gasteiger partial charge in [0.15, 0.2) is 0 Å². The van der Waals surface area contributed by atoms with Gasteiger partial charge in [0.25, 0.3) is 0 Å². The van der Waals surface area contributed by atoms with Crippen molar-refractivity contribution in [3.05, 3.63) is 29.3 Å². The molecule has 1 aromatic rings. The summed E-state index contributed by atoms with van der Waals surface area (Å²) >= 11 is 5.75. The fraction of sp³-hybridized carbons (Fsp3) is 0.300. The molecule has 0 fully saturated rings. The van der Waals surface area contributed by atoms with Gasteiger partial charge in [0.2, 0.25) is 5.91 Å². The van der Waals surface area contributed by atoms with E-state index in [2.05, 4.69) is 5.32 Å². The van der Waals surface area contributed by atoms with Crippen molar-refractivity contribution in [2.24, 2.45) is 0 Å². The fourth-order valence-electron chi connectivity index (χ4n) is 0.752. The first-order chi connectivity index (χ1) is 6.20. The summed E-state index contributed by atoms with van der Waals surface area (Å²) in [6.45, 7) is 5.45. The van der Waals surface area contributed by atoms with Crippen LogP contribution in [-0.2, 0) is 4.79 Å². The minimum Gasteiger partial charge on any atom is -0.325 e. The van der Waals surface area contributed by atoms with Gasteiger partial charge < -0.3 is 5.32 Å². The third kappa shape index (κ3) is 4.53. The van der Waals surface area contributed by atoms with Gasteiger partial charge in [-0.25, -0.2) is 0 Å². The van der Waals surface area contributed by atoms with Gasteiger partial charge in [0.1, 0.15) is 0 Å². The summed E-state index contributed by atoms with van der Waals surface area (Å²) in [7, 11) is 0. The molecule has 0 aromatic heterocycles. The van der Waals surface area contributed by atoms with E-state index in [9.17, 15) is 4.79 Å². The zero-order chi connectivity index (χ0) is 10.3. The topological polar surface area (TPSA) is 29.1 Å². The van der Waals surface area contributed by atoms with Crippen LogP contribution in [0.2, 0.25) is 5.02 Å². The average molecular weight is 200 g/mol. The van der Waals surface area contributed by atoms with Crippen LogP contribution >= 0.6 is 11.6 Å². The number of hydrogen-bond donors (Lipinski definition) is 1. The third-order valence-electron chi connectivity index (χ3n) is 1.18. The smallest absolute Gasteiger partial charge is 0.221 e. The van der Waals surface area contributed by atoms with Gasteiger partial charge in [-0.05, 0) is 12.1 Å². The van der Waals surface area contributed by atoms with Gasteiger partial charge in [-0.15, -0.1) is 0 Å². The van der Waals surface area contributed by atoms with Gasteiger partial charge >= 0.3 is 0 Å². The number of para-hydroxylation sites is 1. The summed E-state index contributed by atoms with van der Waals surface area (Å²) < 4.78 is 0. The number of nitrogens with one attached hydrogen (secondary N) is 1. The number of carbonyl (C=O) groups is 1. The minimum absolute atomic E-state index is 0.113. The molecule has 0 aliphatic rings. The first kappa shape index (κ1) is 12.0. The summed E-state index contributed by atoms with van der Waals surface area (Å²) in [6, 6.07) is 7.11. The number of benzene rings is 1. The molecule has 13 heavy (non-hydrogen) atoms. The lowest BCUT2D eigenvalue weighted by molar-refractivity contribution is -0.114. The number of halogens is 1. The van der Waals surface area contributed by atoms with E-state index in [1.165, 1.54) is 6.92 Å². The summed E-state index contributed by atoms with van der Waals surface area (Å²) in [5.41, 5.74) is 0.654. The lowest BCUT2D eigenvalue weighted by atomic mass is 10.3. The van der Waals surface area contributed by atoms with Crippen molar-refractivity contribution >= 4 is 23.2 Å². The fourth-order valence-corrected chi connectivity index (χ4v) is 0.935. The highest BCUT2D eigenvalue weighted by Crippen LogP contribution is 2.19. The molecular formula is C10H14ClNO. The molecule has 1 amide bonds. The SMILES string of the molecule is CC.CC(=O)Nc1ccccc1Cl. The second-order valence-electron chi connectivity index (χ2n) is 2.16. The molecule has 72 valence electrons. The quantitative estimate of drug-likeness (QED) is 0.739. The lowest BCUT2D eigenvalue weighted by Crippen LogP contribution is -2.05. The molecule has 0 saturated heterocycles. The molecule has 0 aliphatic carbocycles. The molecule has 0 bridgehead atoms. The van der Waals surface area contributed by atoms with E-state index < -0.39 is 0 Å². The van der Waals surface area contributed by atoms with Crippen LogP contribution in [0, 0.1) is 0 Å². The zero-order valence-corrected chi connectivity index (χ0v) is 8.85. The Labute approximate surface area is 83.9 Å². The lowest BCUT2D eigenvalue weighted by Gasteiger charge is -2.02. The summed E-state index contributed by atoms with van der Waals surface area (Å²) in [6.07, 6.45) is 0. The van der Waals surface area contributed by atoms with Crippen molar-refractivity contribution in [3.8, 4) is 0 Å². The van der Waals surface area contributed by atoms with Gasteiger partial charge in [0.05, 0.1) is 10.7 Å². The van der Waals surface area contributed by atoms with Crippen molar-refractivity contribution in [3.63, 3.8) is 0 Å². The van der Waals surface area contributed by atoms with Crippen LogP contribution in [0.15, 0.2) is 24.3 Å². The zero-order valence-electron chi connectivity index (χ0n) is 8.10. The predicted octanol–water partition coefficient (Wildman–Crippen LogP) is 3.32. The Kier molecular flexibility index (Phi) is 5.98. The second-order valence-corrected chi connectivity index (χ2v) is 2.57. The van der Waals surface area contributed by atoms with Gasteiger partial charge in [0, 0.05) is 6.92 Å². The van der Waals surface area contributed by atoms with Gasteiger partial charge in [-0.2, -0.15) is 0 Å². The number of hydrogen-bond acceptors (Lipinski definition) is 1. The van der Waals surface area contributed by atoms with E-state index in [1.807, 2.05) is 26.0 Å². The Morgan fingerprint density at radius 2 is 1.85 bits per heavy atom. The van der Waals surface area contributed by atoms with Crippen molar-refractivity contribution in [2.75, 3.05) is 5.32 Å². The summed E-state index contributed by atoms with van der Waals surface area (Å²) in [5.74, 6) is -0.113. The van der Waals surface area contributed by atoms with E-state index >= 15 is 0 Å². The molecule has 0 radical (unpaired) electrons. The maximum absolute atomic E-state index is 10.6. The molecule has 0 unspecified atom stereocenters. The van der Waals surface area contributed by atoms with Crippen LogP contribution in [0.4, 0.5) is 5.69 Å². The van der Waals surface area contributed by atoms with Crippen molar-refractivity contribution in [1.29, 1.82) is 0 Å². The van der Waals surface area contributed by atoms with Gasteiger partial charge in [-0.3, -0.25) is 4.79 Å². The molecule has 2 nitrogen and oxygen atoms in total. The first-order valence-electron chi connectivity index (χ1n) is 4.22. The average Bonchev–Trinajstić information content (AvgIpc) is 2.12. The molecule has 1 aromatic carbocycles. The Morgan fingerprint density at radius 3 is 2.31 bits per heavy atom. The number of amides is 1. The largest absolute Gasteiger partial charge is 0.325 e. The predicted molar refractivity (Wildman–Crippen MR) is 57.1 cm³/mol. The van der Waals surface area contributed by atoms with Crippen LogP contribution in [0.3, 0.4) is 0 Å². The molecule has 1 N–H and O–H groups in total. The number of anilines is 1. The number of rotatable bonds is 1. The van der Waals surface area contributed by atoms with E-state index in [-0.39, 0.29) is 5.91 Å². The number of carbonyl (C=O) groups excluding carboxylic acids is 1. The molecule has 3 heteroatoms. The molecule has 1 rings (SSSR count). The van der Waals surface area contributed by atoms with Crippen LogP contribution < -0.4 is 5.32 Å². The molecule has 0 atom stereocenters. The molecule has 0 aliphatic heterocycles. The maximum atomic E-state index is 10.6. The standard InChI is InChI=1S/C8H8ClNO.C2H6/c1-6(11)10-8-5-3-2-4-7(8)9;1-2/h2-5H,1H3,(H,10,11);1-2H3. The summed E-state index contributed by atoms with van der Waals surface area (Å²) in [5, 5.41) is 3.16. The molecule has 0 heterocycles. The first-order valence-corrected chi connectivity index (χ1v) is 4.60. The van der Waals surface area contributed by atoms with Crippen LogP contribution in [0.25, 0.3) is 0 Å². The van der Waals surface area contributed by atoms with Crippen molar-refractivity contribution in [1.82, 2.24) is 0 Å². The van der Waals surface area contributed by atoms with E-state index in [1.54, 1.807) is 12.1 Å². The third-order valence-corrected chi connectivity index (χ3v) is 1.51. The Morgan fingerprint density at radius 1 is 1.31 bits per heavy atom. The Hall–Kier alpha value is -1.02. The highest BCUT2D eigenvalue weighted by molar-refractivity contribution is 6.33. The normalized spacial score (nSPS) is 8.31. The van der Waals surface area contributed by atoms with Gasteiger partial charge in [-0.1, -0.05) is 37.6 Å². The van der Waals surface area contributed by atoms with E-state index in [4.69, 9.17) is 11.6 Å². The highest BCUT2D eigenvalue weighted by atomic mass is 35.5. The minimum atomic E-state index is -0.113. The van der Waals surface area contributed by atoms with Crippen molar-refractivity contribution in [2.45, 2.75) is 20.8 Å². The van der Waals surface area contributed by atoms with Crippen LogP contribution in [0.5, 0.6) is 0 Å². The highest BCUT2D eigenvalue weighted by Gasteiger charge is 1.98. The maximum Gasteiger partial charge on any atom is 0.221 e. The van der Waals surface area contributed by atoms with E-state index in [0.717, 1.165) is 0 Å². The van der Waals surface area contributed by atoms with Crippen LogP contribution in [0.1, 0.15) is 20.8 Å².